The van der Waals surface area contributed by atoms with Gasteiger partial charge in [-0.1, -0.05) is 35.9 Å². The molecule has 0 spiro atoms. The van der Waals surface area contributed by atoms with Crippen LogP contribution in [0, 0.1) is 11.3 Å². The van der Waals surface area contributed by atoms with Gasteiger partial charge in [-0.25, -0.2) is 9.78 Å². The number of benzene rings is 2. The predicted molar refractivity (Wildman–Crippen MR) is 146 cm³/mol. The van der Waals surface area contributed by atoms with Crippen LogP contribution in [0.1, 0.15) is 39.1 Å². The first-order chi connectivity index (χ1) is 18.6. The fraction of sp³-hybridized carbons (Fsp3) is 0.233. The van der Waals surface area contributed by atoms with Gasteiger partial charge in [0.15, 0.2) is 0 Å². The van der Waals surface area contributed by atoms with Crippen LogP contribution in [0.15, 0.2) is 60.8 Å². The molecule has 2 aliphatic heterocycles. The Morgan fingerprint density at radius 3 is 2.76 bits per heavy atom. The van der Waals surface area contributed by atoms with E-state index in [1.807, 2.05) is 34.9 Å². The first kappa shape index (κ1) is 24.4. The van der Waals surface area contributed by atoms with E-state index in [4.69, 9.17) is 21.6 Å². The van der Waals surface area contributed by atoms with E-state index in [0.29, 0.717) is 30.5 Å². The summed E-state index contributed by atoms with van der Waals surface area (Å²) >= 11 is 6.02. The summed E-state index contributed by atoms with van der Waals surface area (Å²) in [6, 6.07) is 17.5. The van der Waals surface area contributed by atoms with Gasteiger partial charge in [0.25, 0.3) is 0 Å². The second-order valence-corrected chi connectivity index (χ2v) is 10.0. The molecule has 0 saturated heterocycles. The number of amides is 1. The van der Waals surface area contributed by atoms with Gasteiger partial charge in [-0.05, 0) is 64.2 Å². The van der Waals surface area contributed by atoms with Crippen LogP contribution in [0.5, 0.6) is 0 Å². The van der Waals surface area contributed by atoms with Crippen molar-refractivity contribution in [2.45, 2.75) is 32.7 Å². The first-order valence-electron chi connectivity index (χ1n) is 12.6. The Morgan fingerprint density at radius 2 is 1.97 bits per heavy atom. The molecule has 7 nitrogen and oxygen atoms in total. The number of rotatable bonds is 5. The summed E-state index contributed by atoms with van der Waals surface area (Å²) < 4.78 is 7.54. The number of nitrogens with zero attached hydrogens (tertiary/aromatic N) is 4. The summed E-state index contributed by atoms with van der Waals surface area (Å²) in [6.45, 7) is 3.98. The Hall–Kier alpha value is -3.96. The van der Waals surface area contributed by atoms with Crippen molar-refractivity contribution in [2.75, 3.05) is 13.1 Å². The van der Waals surface area contributed by atoms with Gasteiger partial charge in [0.05, 0.1) is 30.4 Å². The molecule has 0 bridgehead atoms. The SMILES string of the molecule is N#Cc1ccc(/C=C/CN2CCc3c(c4cc5c(cc4n3C(=O)NCc3ccnc(Cl)c3)COC5)C2)cc1. The second-order valence-electron chi connectivity index (χ2n) is 9.66. The molecule has 2 aromatic heterocycles. The first-order valence-corrected chi connectivity index (χ1v) is 13.0. The van der Waals surface area contributed by atoms with Crippen LogP contribution >= 0.6 is 11.6 Å². The Kier molecular flexibility index (Phi) is 6.69. The number of carbonyl (C=O) groups excluding carboxylic acids is 1. The van der Waals surface area contributed by atoms with E-state index in [9.17, 15) is 4.79 Å². The van der Waals surface area contributed by atoms with E-state index in [1.54, 1.807) is 12.3 Å². The molecule has 2 aromatic carbocycles. The lowest BCUT2D eigenvalue weighted by Gasteiger charge is -2.27. The number of halogens is 1. The number of hydrogen-bond acceptors (Lipinski definition) is 5. The second kappa shape index (κ2) is 10.4. The molecular weight excluding hydrogens is 498 g/mol. The number of nitrogens with one attached hydrogen (secondary N) is 1. The highest BCUT2D eigenvalue weighted by molar-refractivity contribution is 6.29. The number of pyridine rings is 1. The zero-order chi connectivity index (χ0) is 26.1. The molecule has 190 valence electrons. The molecule has 8 heteroatoms. The molecule has 1 amide bonds. The van der Waals surface area contributed by atoms with E-state index in [0.717, 1.165) is 59.3 Å². The van der Waals surface area contributed by atoms with Crippen LogP contribution in [0.4, 0.5) is 4.79 Å². The molecule has 6 rings (SSSR count). The molecule has 0 atom stereocenters. The topological polar surface area (TPSA) is 83.2 Å². The molecule has 4 aromatic rings. The highest BCUT2D eigenvalue weighted by Crippen LogP contribution is 2.35. The smallest absolute Gasteiger partial charge is 0.326 e. The van der Waals surface area contributed by atoms with Crippen molar-refractivity contribution in [1.82, 2.24) is 19.8 Å². The molecule has 38 heavy (non-hydrogen) atoms. The summed E-state index contributed by atoms with van der Waals surface area (Å²) in [4.78, 5) is 19.9. The third-order valence-corrected chi connectivity index (χ3v) is 7.42. The third-order valence-electron chi connectivity index (χ3n) is 7.22. The van der Waals surface area contributed by atoms with Crippen molar-refractivity contribution in [2.24, 2.45) is 0 Å². The van der Waals surface area contributed by atoms with Crippen molar-refractivity contribution >= 4 is 34.6 Å². The van der Waals surface area contributed by atoms with Crippen LogP contribution in [0.25, 0.3) is 17.0 Å². The fourth-order valence-corrected chi connectivity index (χ4v) is 5.48. The van der Waals surface area contributed by atoms with Gasteiger partial charge in [0.2, 0.25) is 0 Å². The largest absolute Gasteiger partial charge is 0.372 e. The van der Waals surface area contributed by atoms with Gasteiger partial charge in [0.1, 0.15) is 5.15 Å². The van der Waals surface area contributed by atoms with Crippen molar-refractivity contribution in [3.05, 3.63) is 105 Å². The van der Waals surface area contributed by atoms with E-state index in [1.165, 1.54) is 11.1 Å². The van der Waals surface area contributed by atoms with Crippen LogP contribution in [-0.4, -0.2) is 33.6 Å². The third kappa shape index (κ3) is 4.82. The lowest BCUT2D eigenvalue weighted by Crippen LogP contribution is -2.34. The number of carbonyl (C=O) groups is 1. The minimum Gasteiger partial charge on any atom is -0.372 e. The van der Waals surface area contributed by atoms with Gasteiger partial charge in [-0.3, -0.25) is 9.47 Å². The number of fused-ring (bicyclic) bond motifs is 4. The molecule has 0 aliphatic carbocycles. The maximum absolute atomic E-state index is 13.5. The Labute approximate surface area is 225 Å². The highest BCUT2D eigenvalue weighted by Gasteiger charge is 2.28. The maximum atomic E-state index is 13.5. The normalized spacial score (nSPS) is 14.9. The van der Waals surface area contributed by atoms with Gasteiger partial charge >= 0.3 is 6.03 Å². The quantitative estimate of drug-likeness (QED) is 0.353. The lowest BCUT2D eigenvalue weighted by atomic mass is 10.0. The van der Waals surface area contributed by atoms with Crippen LogP contribution < -0.4 is 5.32 Å². The maximum Gasteiger partial charge on any atom is 0.326 e. The Morgan fingerprint density at radius 1 is 1.16 bits per heavy atom. The summed E-state index contributed by atoms with van der Waals surface area (Å²) in [6.07, 6.45) is 6.67. The van der Waals surface area contributed by atoms with Crippen molar-refractivity contribution in [3.8, 4) is 6.07 Å². The number of aromatic nitrogens is 2. The molecular formula is C30H26ClN5O2. The average molecular weight is 524 g/mol. The van der Waals surface area contributed by atoms with Crippen molar-refractivity contribution in [1.29, 1.82) is 5.26 Å². The van der Waals surface area contributed by atoms with E-state index < -0.39 is 0 Å². The number of nitriles is 1. The van der Waals surface area contributed by atoms with Gasteiger partial charge < -0.3 is 10.1 Å². The summed E-state index contributed by atoms with van der Waals surface area (Å²) in [5, 5.41) is 13.6. The highest BCUT2D eigenvalue weighted by atomic mass is 35.5. The molecule has 0 saturated carbocycles. The van der Waals surface area contributed by atoms with Crippen molar-refractivity contribution in [3.63, 3.8) is 0 Å². The molecule has 0 unspecified atom stereocenters. The average Bonchev–Trinajstić information content (AvgIpc) is 3.52. The minimum absolute atomic E-state index is 0.141. The van der Waals surface area contributed by atoms with Gasteiger partial charge in [-0.2, -0.15) is 5.26 Å². The molecule has 4 heterocycles. The standard InChI is InChI=1S/C30H26ClN5O2/c31-29-12-22(7-9-33-29)16-34-30(37)36-27-8-11-35(10-1-2-20-3-5-21(15-32)6-4-20)17-26(27)25-13-23-18-38-19-24(23)14-28(25)36/h1-7,9,12-14H,8,10-11,16-19H2,(H,34,37)/b2-1+. The Balaban J connectivity index is 1.26. The molecule has 0 fully saturated rings. The number of hydrogen-bond donors (Lipinski definition) is 1. The molecule has 1 N–H and O–H groups in total. The molecule has 2 aliphatic rings. The summed E-state index contributed by atoms with van der Waals surface area (Å²) in [5.41, 5.74) is 8.18. The Bertz CT molecular complexity index is 1600. The zero-order valence-electron chi connectivity index (χ0n) is 20.8. The fourth-order valence-electron chi connectivity index (χ4n) is 5.29. The van der Waals surface area contributed by atoms with Crippen molar-refractivity contribution < 1.29 is 9.53 Å². The summed E-state index contributed by atoms with van der Waals surface area (Å²) in [7, 11) is 0. The predicted octanol–water partition coefficient (Wildman–Crippen LogP) is 5.42. The van der Waals surface area contributed by atoms with E-state index >= 15 is 0 Å². The van der Waals surface area contributed by atoms with Crippen LogP contribution in [0.3, 0.4) is 0 Å². The van der Waals surface area contributed by atoms with Crippen LogP contribution in [-0.2, 0) is 37.5 Å². The number of ether oxygens (including phenoxy) is 1. The molecule has 0 radical (unpaired) electrons. The summed E-state index contributed by atoms with van der Waals surface area (Å²) in [5.74, 6) is 0. The van der Waals surface area contributed by atoms with E-state index in [-0.39, 0.29) is 6.03 Å². The van der Waals surface area contributed by atoms with E-state index in [2.05, 4.69) is 45.6 Å². The zero-order valence-corrected chi connectivity index (χ0v) is 21.5. The van der Waals surface area contributed by atoms with Crippen LogP contribution in [0.2, 0.25) is 5.15 Å². The minimum atomic E-state index is -0.141. The van der Waals surface area contributed by atoms with Gasteiger partial charge in [0, 0.05) is 49.9 Å². The van der Waals surface area contributed by atoms with Gasteiger partial charge in [-0.15, -0.1) is 0 Å². The lowest BCUT2D eigenvalue weighted by molar-refractivity contribution is 0.134. The monoisotopic (exact) mass is 523 g/mol.